The van der Waals surface area contributed by atoms with Crippen molar-refractivity contribution in [3.05, 3.63) is 35.9 Å². The van der Waals surface area contributed by atoms with Crippen LogP contribution >= 0.6 is 0 Å². The summed E-state index contributed by atoms with van der Waals surface area (Å²) in [4.78, 5) is 14.0. The smallest absolute Gasteiger partial charge is 0.223 e. The van der Waals surface area contributed by atoms with Crippen LogP contribution in [0.4, 0.5) is 0 Å². The predicted molar refractivity (Wildman–Crippen MR) is 68.8 cm³/mol. The van der Waals surface area contributed by atoms with Crippen LogP contribution in [0.2, 0.25) is 0 Å². The maximum absolute atomic E-state index is 12.1. The van der Waals surface area contributed by atoms with Gasteiger partial charge in [0.1, 0.15) is 0 Å². The van der Waals surface area contributed by atoms with Crippen LogP contribution in [0.5, 0.6) is 0 Å². The predicted octanol–water partition coefficient (Wildman–Crippen LogP) is 2.09. The van der Waals surface area contributed by atoms with E-state index in [2.05, 4.69) is 0 Å². The highest BCUT2D eigenvalue weighted by Crippen LogP contribution is 2.44. The summed E-state index contributed by atoms with van der Waals surface area (Å²) in [5, 5.41) is 10.3. The summed E-state index contributed by atoms with van der Waals surface area (Å²) in [5.74, 6) is 0.194. The van der Waals surface area contributed by atoms with Crippen LogP contribution in [0, 0.1) is 0 Å². The average molecular weight is 245 g/mol. The topological polar surface area (TPSA) is 40.5 Å². The van der Waals surface area contributed by atoms with E-state index in [4.69, 9.17) is 0 Å². The molecular formula is C15H19NO2. The number of carbonyl (C=O) groups excluding carboxylic acids is 1. The molecule has 3 rings (SSSR count). The van der Waals surface area contributed by atoms with Crippen LogP contribution in [-0.2, 0) is 11.3 Å². The second-order valence-corrected chi connectivity index (χ2v) is 5.48. The molecule has 3 nitrogen and oxygen atoms in total. The SMILES string of the molecule is O=C1CCC2(CCCC2O)N1Cc1ccccc1. The lowest BCUT2D eigenvalue weighted by Gasteiger charge is -2.38. The van der Waals surface area contributed by atoms with Gasteiger partial charge in [-0.2, -0.15) is 0 Å². The lowest BCUT2D eigenvalue weighted by molar-refractivity contribution is -0.134. The summed E-state index contributed by atoms with van der Waals surface area (Å²) >= 11 is 0. The fourth-order valence-corrected chi connectivity index (χ4v) is 3.50. The number of likely N-dealkylation sites (tertiary alicyclic amines) is 1. The van der Waals surface area contributed by atoms with E-state index in [0.717, 1.165) is 31.2 Å². The lowest BCUT2D eigenvalue weighted by atomic mass is 9.91. The molecule has 1 aliphatic heterocycles. The van der Waals surface area contributed by atoms with E-state index >= 15 is 0 Å². The van der Waals surface area contributed by atoms with E-state index in [1.165, 1.54) is 0 Å². The van der Waals surface area contributed by atoms with Gasteiger partial charge < -0.3 is 10.0 Å². The second-order valence-electron chi connectivity index (χ2n) is 5.48. The van der Waals surface area contributed by atoms with Gasteiger partial charge >= 0.3 is 0 Å². The Hall–Kier alpha value is -1.35. The minimum atomic E-state index is -0.340. The number of carbonyl (C=O) groups is 1. The van der Waals surface area contributed by atoms with Gasteiger partial charge in [-0.3, -0.25) is 4.79 Å². The standard InChI is InChI=1S/C15H19NO2/c17-13-7-4-9-15(13)10-8-14(18)16(15)11-12-5-2-1-3-6-12/h1-3,5-6,13,17H,4,7-11H2. The quantitative estimate of drug-likeness (QED) is 0.866. The van der Waals surface area contributed by atoms with E-state index in [-0.39, 0.29) is 17.6 Å². The first kappa shape index (κ1) is 11.7. The number of hydrogen-bond acceptors (Lipinski definition) is 2. The Kier molecular flexibility index (Phi) is 2.86. The zero-order valence-corrected chi connectivity index (χ0v) is 10.5. The van der Waals surface area contributed by atoms with Crippen LogP contribution in [0.25, 0.3) is 0 Å². The van der Waals surface area contributed by atoms with Gasteiger partial charge in [0.15, 0.2) is 0 Å². The van der Waals surface area contributed by atoms with Crippen molar-refractivity contribution in [3.63, 3.8) is 0 Å². The van der Waals surface area contributed by atoms with Crippen molar-refractivity contribution in [1.82, 2.24) is 4.90 Å². The van der Waals surface area contributed by atoms with Crippen LogP contribution in [0.15, 0.2) is 30.3 Å². The van der Waals surface area contributed by atoms with Crippen LogP contribution in [-0.4, -0.2) is 27.6 Å². The minimum Gasteiger partial charge on any atom is -0.391 e. The molecule has 1 heterocycles. The van der Waals surface area contributed by atoms with Crippen LogP contribution in [0.3, 0.4) is 0 Å². The number of benzene rings is 1. The van der Waals surface area contributed by atoms with Gasteiger partial charge in [-0.05, 0) is 31.2 Å². The molecule has 0 aromatic heterocycles. The molecule has 2 unspecified atom stereocenters. The normalized spacial score (nSPS) is 31.5. The average Bonchev–Trinajstić information content (AvgIpc) is 2.90. The van der Waals surface area contributed by atoms with Crippen molar-refractivity contribution in [2.45, 2.75) is 50.3 Å². The highest BCUT2D eigenvalue weighted by Gasteiger charge is 2.52. The van der Waals surface area contributed by atoms with E-state index in [1.54, 1.807) is 0 Å². The Bertz CT molecular complexity index is 445. The molecule has 1 aromatic carbocycles. The Morgan fingerprint density at radius 2 is 2.06 bits per heavy atom. The molecule has 3 heteroatoms. The van der Waals surface area contributed by atoms with Gasteiger partial charge in [0.2, 0.25) is 5.91 Å². The van der Waals surface area contributed by atoms with Crippen molar-refractivity contribution < 1.29 is 9.90 Å². The zero-order valence-electron chi connectivity index (χ0n) is 10.5. The second kappa shape index (κ2) is 4.39. The van der Waals surface area contributed by atoms with Crippen LogP contribution in [0.1, 0.15) is 37.7 Å². The molecule has 1 spiro atoms. The van der Waals surface area contributed by atoms with E-state index in [0.29, 0.717) is 13.0 Å². The first-order chi connectivity index (χ1) is 8.72. The molecule has 0 radical (unpaired) electrons. The van der Waals surface area contributed by atoms with Gasteiger partial charge in [0, 0.05) is 13.0 Å². The third-order valence-electron chi connectivity index (χ3n) is 4.50. The summed E-state index contributed by atoms with van der Waals surface area (Å²) in [6.07, 6.45) is 3.88. The number of hydrogen-bond donors (Lipinski definition) is 1. The Labute approximate surface area is 107 Å². The van der Waals surface area contributed by atoms with Gasteiger partial charge in [-0.1, -0.05) is 30.3 Å². The van der Waals surface area contributed by atoms with E-state index < -0.39 is 0 Å². The summed E-state index contributed by atoms with van der Waals surface area (Å²) in [7, 11) is 0. The molecule has 96 valence electrons. The number of aliphatic hydroxyl groups is 1. The molecule has 1 amide bonds. The molecular weight excluding hydrogens is 226 g/mol. The molecule has 1 N–H and O–H groups in total. The molecule has 2 aliphatic rings. The molecule has 18 heavy (non-hydrogen) atoms. The Morgan fingerprint density at radius 1 is 1.28 bits per heavy atom. The maximum atomic E-state index is 12.1. The monoisotopic (exact) mass is 245 g/mol. The lowest BCUT2D eigenvalue weighted by Crippen LogP contribution is -2.50. The molecule has 0 bridgehead atoms. The van der Waals surface area contributed by atoms with Gasteiger partial charge in [0.25, 0.3) is 0 Å². The number of aliphatic hydroxyl groups excluding tert-OH is 1. The first-order valence-electron chi connectivity index (χ1n) is 6.75. The van der Waals surface area contributed by atoms with Crippen LogP contribution < -0.4 is 0 Å². The molecule has 1 aliphatic carbocycles. The van der Waals surface area contributed by atoms with Crippen molar-refractivity contribution in [2.24, 2.45) is 0 Å². The van der Waals surface area contributed by atoms with Gasteiger partial charge in [-0.15, -0.1) is 0 Å². The fraction of sp³-hybridized carbons (Fsp3) is 0.533. The molecule has 2 fully saturated rings. The van der Waals surface area contributed by atoms with Gasteiger partial charge in [0.05, 0.1) is 11.6 Å². The first-order valence-corrected chi connectivity index (χ1v) is 6.75. The molecule has 1 saturated heterocycles. The summed E-state index contributed by atoms with van der Waals surface area (Å²) in [5.41, 5.74) is 0.874. The third-order valence-corrected chi connectivity index (χ3v) is 4.50. The van der Waals surface area contributed by atoms with Crippen molar-refractivity contribution in [2.75, 3.05) is 0 Å². The van der Waals surface area contributed by atoms with Crippen molar-refractivity contribution in [3.8, 4) is 0 Å². The molecule has 1 aromatic rings. The van der Waals surface area contributed by atoms with Crippen molar-refractivity contribution >= 4 is 5.91 Å². The summed E-state index contributed by atoms with van der Waals surface area (Å²) in [6.45, 7) is 0.636. The van der Waals surface area contributed by atoms with E-state index in [1.807, 2.05) is 35.2 Å². The largest absolute Gasteiger partial charge is 0.391 e. The maximum Gasteiger partial charge on any atom is 0.223 e. The minimum absolute atomic E-state index is 0.194. The van der Waals surface area contributed by atoms with Crippen molar-refractivity contribution in [1.29, 1.82) is 0 Å². The Morgan fingerprint density at radius 3 is 2.72 bits per heavy atom. The summed E-state index contributed by atoms with van der Waals surface area (Å²) in [6, 6.07) is 10.1. The number of rotatable bonds is 2. The fourth-order valence-electron chi connectivity index (χ4n) is 3.50. The molecule has 2 atom stereocenters. The Balaban J connectivity index is 1.86. The van der Waals surface area contributed by atoms with Gasteiger partial charge in [-0.25, -0.2) is 0 Å². The highest BCUT2D eigenvalue weighted by molar-refractivity contribution is 5.80. The number of amides is 1. The number of nitrogens with zero attached hydrogens (tertiary/aromatic N) is 1. The highest BCUT2D eigenvalue weighted by atomic mass is 16.3. The molecule has 1 saturated carbocycles. The zero-order chi connectivity index (χ0) is 12.6. The summed E-state index contributed by atoms with van der Waals surface area (Å²) < 4.78 is 0. The van der Waals surface area contributed by atoms with E-state index in [9.17, 15) is 9.90 Å². The third kappa shape index (κ3) is 1.74.